The zero-order valence-corrected chi connectivity index (χ0v) is 23.5. The fourth-order valence-corrected chi connectivity index (χ4v) is 5.74. The number of benzene rings is 3. The van der Waals surface area contributed by atoms with Crippen molar-refractivity contribution in [3.8, 4) is 5.75 Å². The van der Waals surface area contributed by atoms with E-state index >= 15 is 0 Å². The van der Waals surface area contributed by atoms with Gasteiger partial charge in [-0.2, -0.15) is 0 Å². The molecule has 0 radical (unpaired) electrons. The third-order valence-electron chi connectivity index (χ3n) is 6.21. The molecule has 1 unspecified atom stereocenters. The number of aromatic nitrogens is 1. The fraction of sp³-hybridized carbons (Fsp3) is 0.167. The summed E-state index contributed by atoms with van der Waals surface area (Å²) in [6.45, 7) is 4.03. The highest BCUT2D eigenvalue weighted by Crippen LogP contribution is 2.31. The van der Waals surface area contributed by atoms with E-state index in [-0.39, 0.29) is 12.2 Å². The van der Waals surface area contributed by atoms with Gasteiger partial charge < -0.3 is 9.47 Å². The average molecular weight is 580 g/mol. The van der Waals surface area contributed by atoms with Crippen LogP contribution in [-0.4, -0.2) is 17.1 Å². The molecule has 5 rings (SSSR count). The fourth-order valence-electron chi connectivity index (χ4n) is 4.37. The third-order valence-corrected chi connectivity index (χ3v) is 7.81. The summed E-state index contributed by atoms with van der Waals surface area (Å²) >= 11 is 13.6. The van der Waals surface area contributed by atoms with Crippen LogP contribution in [0.2, 0.25) is 10.0 Å². The van der Waals surface area contributed by atoms with Crippen LogP contribution in [0.25, 0.3) is 6.08 Å². The molecule has 198 valence electrons. The normalized spacial score (nSPS) is 15.1. The van der Waals surface area contributed by atoms with Crippen molar-refractivity contribution in [3.63, 3.8) is 0 Å². The summed E-state index contributed by atoms with van der Waals surface area (Å²) in [6.07, 6.45) is 1.80. The number of fused-ring (bicyclic) bond motifs is 1. The molecule has 0 amide bonds. The molecule has 9 heteroatoms. The van der Waals surface area contributed by atoms with Crippen molar-refractivity contribution >= 4 is 46.6 Å². The van der Waals surface area contributed by atoms with Crippen LogP contribution in [-0.2, 0) is 16.1 Å². The molecular weight excluding hydrogens is 555 g/mol. The number of rotatable bonds is 7. The van der Waals surface area contributed by atoms with Crippen LogP contribution in [0, 0.1) is 0 Å². The predicted molar refractivity (Wildman–Crippen MR) is 154 cm³/mol. The van der Waals surface area contributed by atoms with Crippen molar-refractivity contribution in [2.75, 3.05) is 6.61 Å². The number of hydrogen-bond acceptors (Lipinski definition) is 6. The van der Waals surface area contributed by atoms with E-state index in [2.05, 4.69) is 4.99 Å². The number of hydrogen-bond donors (Lipinski definition) is 0. The maximum absolute atomic E-state index is 13.8. The largest absolute Gasteiger partial charge is 0.489 e. The second kappa shape index (κ2) is 11.6. The molecule has 3 aromatic carbocycles. The topological polar surface area (TPSA) is 69.9 Å². The van der Waals surface area contributed by atoms with Crippen molar-refractivity contribution in [2.24, 2.45) is 4.99 Å². The number of carbonyl (C=O) groups is 1. The monoisotopic (exact) mass is 578 g/mol. The van der Waals surface area contributed by atoms with Gasteiger partial charge in [0, 0.05) is 15.6 Å². The van der Waals surface area contributed by atoms with Gasteiger partial charge >= 0.3 is 5.97 Å². The van der Waals surface area contributed by atoms with Gasteiger partial charge in [0.2, 0.25) is 0 Å². The molecule has 39 heavy (non-hydrogen) atoms. The second-order valence-electron chi connectivity index (χ2n) is 8.81. The standard InChI is InChI=1S/C30H24Cl2N2O4S/c1-3-37-29(36)26-18(2)33-30-34(27(26)20-11-13-22(31)14-12-20)28(35)25(39-30)16-19-7-6-9-23(15-19)38-17-21-8-4-5-10-24(21)32/h4-16,27H,3,17H2,1-2H3/b25-16-. The molecule has 0 aliphatic carbocycles. The second-order valence-corrected chi connectivity index (χ2v) is 10.7. The summed E-state index contributed by atoms with van der Waals surface area (Å²) in [7, 11) is 0. The molecule has 4 aromatic rings. The first-order valence-electron chi connectivity index (χ1n) is 12.3. The Kier molecular flexibility index (Phi) is 8.02. The Morgan fingerprint density at radius 2 is 1.85 bits per heavy atom. The van der Waals surface area contributed by atoms with E-state index in [0.29, 0.717) is 43.0 Å². The number of esters is 1. The van der Waals surface area contributed by atoms with Gasteiger partial charge in [0.15, 0.2) is 4.80 Å². The van der Waals surface area contributed by atoms with Crippen LogP contribution in [0.5, 0.6) is 5.75 Å². The van der Waals surface area contributed by atoms with E-state index in [9.17, 15) is 9.59 Å². The Balaban J connectivity index is 1.55. The number of nitrogens with zero attached hydrogens (tertiary/aromatic N) is 2. The van der Waals surface area contributed by atoms with Crippen molar-refractivity contribution in [2.45, 2.75) is 26.5 Å². The van der Waals surface area contributed by atoms with Crippen LogP contribution < -0.4 is 19.6 Å². The summed E-state index contributed by atoms with van der Waals surface area (Å²) in [6, 6.07) is 21.4. The Morgan fingerprint density at radius 1 is 1.08 bits per heavy atom. The van der Waals surface area contributed by atoms with Crippen LogP contribution in [0.3, 0.4) is 0 Å². The molecule has 0 fully saturated rings. The highest BCUT2D eigenvalue weighted by atomic mass is 35.5. The van der Waals surface area contributed by atoms with Gasteiger partial charge in [-0.1, -0.05) is 77.0 Å². The molecule has 1 aromatic heterocycles. The van der Waals surface area contributed by atoms with E-state index in [1.165, 1.54) is 11.3 Å². The van der Waals surface area contributed by atoms with Gasteiger partial charge in [-0.25, -0.2) is 9.79 Å². The maximum atomic E-state index is 13.8. The zero-order valence-electron chi connectivity index (χ0n) is 21.2. The van der Waals surface area contributed by atoms with E-state index in [4.69, 9.17) is 32.7 Å². The summed E-state index contributed by atoms with van der Waals surface area (Å²) in [5.41, 5.74) is 2.99. The summed E-state index contributed by atoms with van der Waals surface area (Å²) in [5.74, 6) is 0.146. The molecule has 0 spiro atoms. The van der Waals surface area contributed by atoms with E-state index in [1.807, 2.05) is 60.7 Å². The van der Waals surface area contributed by atoms with Gasteiger partial charge in [0.25, 0.3) is 5.56 Å². The van der Waals surface area contributed by atoms with E-state index in [1.54, 1.807) is 36.6 Å². The van der Waals surface area contributed by atoms with Crippen molar-refractivity contribution in [1.29, 1.82) is 0 Å². The van der Waals surface area contributed by atoms with Crippen molar-refractivity contribution < 1.29 is 14.3 Å². The van der Waals surface area contributed by atoms with Crippen molar-refractivity contribution in [1.82, 2.24) is 4.57 Å². The minimum absolute atomic E-state index is 0.211. The zero-order chi connectivity index (χ0) is 27.5. The molecule has 0 bridgehead atoms. The lowest BCUT2D eigenvalue weighted by atomic mass is 9.96. The van der Waals surface area contributed by atoms with Gasteiger partial charge in [-0.05, 0) is 61.4 Å². The summed E-state index contributed by atoms with van der Waals surface area (Å²) < 4.78 is 13.3. The number of ether oxygens (including phenoxy) is 2. The smallest absolute Gasteiger partial charge is 0.338 e. The van der Waals surface area contributed by atoms with Crippen LogP contribution in [0.4, 0.5) is 0 Å². The Bertz CT molecular complexity index is 1760. The highest BCUT2D eigenvalue weighted by Gasteiger charge is 2.33. The van der Waals surface area contributed by atoms with Crippen LogP contribution in [0.15, 0.2) is 93.9 Å². The number of thiazole rings is 1. The first-order valence-corrected chi connectivity index (χ1v) is 13.8. The SMILES string of the molecule is CCOC(=O)C1=C(C)N=c2s/c(=C\c3cccc(OCc4ccccc4Cl)c3)c(=O)n2C1c1ccc(Cl)cc1. The highest BCUT2D eigenvalue weighted by molar-refractivity contribution is 7.07. The molecule has 2 heterocycles. The molecule has 0 N–H and O–H groups in total. The molecule has 1 atom stereocenters. The lowest BCUT2D eigenvalue weighted by Gasteiger charge is -2.24. The Labute approximate surface area is 239 Å². The summed E-state index contributed by atoms with van der Waals surface area (Å²) in [5, 5.41) is 1.20. The number of halogens is 2. The predicted octanol–water partition coefficient (Wildman–Crippen LogP) is 5.68. The maximum Gasteiger partial charge on any atom is 0.338 e. The molecular formula is C30H24Cl2N2O4S. The Hall–Kier alpha value is -3.65. The first-order chi connectivity index (χ1) is 18.9. The first kappa shape index (κ1) is 26.9. The minimum atomic E-state index is -0.690. The lowest BCUT2D eigenvalue weighted by molar-refractivity contribution is -0.139. The van der Waals surface area contributed by atoms with Crippen molar-refractivity contribution in [3.05, 3.63) is 130 Å². The number of carbonyl (C=O) groups excluding carboxylic acids is 1. The Morgan fingerprint density at radius 3 is 2.59 bits per heavy atom. The van der Waals surface area contributed by atoms with Gasteiger partial charge in [-0.3, -0.25) is 9.36 Å². The molecule has 1 aliphatic heterocycles. The van der Waals surface area contributed by atoms with Crippen LogP contribution in [0.1, 0.15) is 36.6 Å². The average Bonchev–Trinajstić information content (AvgIpc) is 3.22. The quantitative estimate of drug-likeness (QED) is 0.264. The summed E-state index contributed by atoms with van der Waals surface area (Å²) in [4.78, 5) is 31.9. The van der Waals surface area contributed by atoms with Crippen LogP contribution >= 0.6 is 34.5 Å². The molecule has 6 nitrogen and oxygen atoms in total. The van der Waals surface area contributed by atoms with Gasteiger partial charge in [0.1, 0.15) is 12.4 Å². The lowest BCUT2D eigenvalue weighted by Crippen LogP contribution is -2.39. The third kappa shape index (κ3) is 5.71. The number of allylic oxidation sites excluding steroid dienone is 1. The van der Waals surface area contributed by atoms with Gasteiger partial charge in [0.05, 0.1) is 28.5 Å². The minimum Gasteiger partial charge on any atom is -0.489 e. The van der Waals surface area contributed by atoms with Gasteiger partial charge in [-0.15, -0.1) is 0 Å². The molecule has 1 aliphatic rings. The molecule has 0 saturated heterocycles. The molecule has 0 saturated carbocycles. The van der Waals surface area contributed by atoms with E-state index < -0.39 is 12.0 Å². The van der Waals surface area contributed by atoms with E-state index in [0.717, 1.165) is 16.7 Å².